The monoisotopic (exact) mass is 244 g/mol. The predicted octanol–water partition coefficient (Wildman–Crippen LogP) is 1.85. The standard InChI is InChI=1S/C15H20N2O/c1-2-3-4-11-5-6-12-7-8-15(13(12)9-11)14(18)16-10-17-15/h5-6,9,17H,2-4,7-8,10H2,1H3,(H,16,18). The summed E-state index contributed by atoms with van der Waals surface area (Å²) in [7, 11) is 0. The second-order valence-electron chi connectivity index (χ2n) is 5.36. The largest absolute Gasteiger partial charge is 0.342 e. The first kappa shape index (κ1) is 11.7. The Hall–Kier alpha value is -1.35. The quantitative estimate of drug-likeness (QED) is 0.852. The predicted molar refractivity (Wildman–Crippen MR) is 71.2 cm³/mol. The number of carbonyl (C=O) groups is 1. The van der Waals surface area contributed by atoms with E-state index in [2.05, 4.69) is 35.8 Å². The molecule has 1 aliphatic carbocycles. The van der Waals surface area contributed by atoms with Crippen LogP contribution in [0.5, 0.6) is 0 Å². The van der Waals surface area contributed by atoms with Gasteiger partial charge in [-0.25, -0.2) is 0 Å². The highest BCUT2D eigenvalue weighted by molar-refractivity contribution is 5.90. The number of rotatable bonds is 3. The van der Waals surface area contributed by atoms with Gasteiger partial charge in [-0.3, -0.25) is 10.1 Å². The van der Waals surface area contributed by atoms with Crippen LogP contribution in [0.3, 0.4) is 0 Å². The fourth-order valence-corrected chi connectivity index (χ4v) is 3.16. The fraction of sp³-hybridized carbons (Fsp3) is 0.533. The summed E-state index contributed by atoms with van der Waals surface area (Å²) in [4.78, 5) is 12.1. The van der Waals surface area contributed by atoms with Crippen molar-refractivity contribution in [2.75, 3.05) is 6.67 Å². The molecule has 96 valence electrons. The molecule has 0 saturated carbocycles. The lowest BCUT2D eigenvalue weighted by Gasteiger charge is -2.22. The lowest BCUT2D eigenvalue weighted by molar-refractivity contribution is -0.124. The van der Waals surface area contributed by atoms with E-state index >= 15 is 0 Å². The summed E-state index contributed by atoms with van der Waals surface area (Å²) in [6, 6.07) is 6.68. The van der Waals surface area contributed by atoms with Gasteiger partial charge < -0.3 is 5.32 Å². The lowest BCUT2D eigenvalue weighted by atomic mass is 9.90. The molecule has 3 rings (SSSR count). The van der Waals surface area contributed by atoms with E-state index in [1.807, 2.05) is 0 Å². The molecule has 1 unspecified atom stereocenters. The maximum absolute atomic E-state index is 12.1. The van der Waals surface area contributed by atoms with E-state index in [1.54, 1.807) is 0 Å². The summed E-state index contributed by atoms with van der Waals surface area (Å²) < 4.78 is 0. The zero-order valence-electron chi connectivity index (χ0n) is 10.9. The fourth-order valence-electron chi connectivity index (χ4n) is 3.16. The van der Waals surface area contributed by atoms with Crippen LogP contribution in [0.4, 0.5) is 0 Å². The molecule has 0 radical (unpaired) electrons. The van der Waals surface area contributed by atoms with Crippen molar-refractivity contribution in [3.05, 3.63) is 34.9 Å². The number of hydrogen-bond acceptors (Lipinski definition) is 2. The number of hydrogen-bond donors (Lipinski definition) is 2. The Kier molecular flexibility index (Phi) is 2.86. The molecule has 3 nitrogen and oxygen atoms in total. The molecular formula is C15H20N2O. The molecule has 2 N–H and O–H groups in total. The van der Waals surface area contributed by atoms with Crippen LogP contribution >= 0.6 is 0 Å². The highest BCUT2D eigenvalue weighted by Gasteiger charge is 2.47. The number of unbranched alkanes of at least 4 members (excludes halogenated alkanes) is 1. The molecule has 1 saturated heterocycles. The first-order chi connectivity index (χ1) is 8.76. The maximum atomic E-state index is 12.1. The molecule has 1 atom stereocenters. The van der Waals surface area contributed by atoms with E-state index in [0.717, 1.165) is 19.3 Å². The zero-order chi connectivity index (χ0) is 12.6. The molecule has 0 bridgehead atoms. The van der Waals surface area contributed by atoms with Crippen molar-refractivity contribution in [1.82, 2.24) is 10.6 Å². The van der Waals surface area contributed by atoms with Crippen LogP contribution in [0.2, 0.25) is 0 Å². The van der Waals surface area contributed by atoms with Crippen LogP contribution in [0.25, 0.3) is 0 Å². The van der Waals surface area contributed by atoms with E-state index in [0.29, 0.717) is 6.67 Å². The third-order valence-electron chi connectivity index (χ3n) is 4.25. The van der Waals surface area contributed by atoms with Crippen molar-refractivity contribution < 1.29 is 4.79 Å². The van der Waals surface area contributed by atoms with Crippen molar-refractivity contribution in [3.63, 3.8) is 0 Å². The second-order valence-corrected chi connectivity index (χ2v) is 5.36. The molecule has 3 heteroatoms. The van der Waals surface area contributed by atoms with Crippen molar-refractivity contribution >= 4 is 5.91 Å². The maximum Gasteiger partial charge on any atom is 0.245 e. The first-order valence-corrected chi connectivity index (χ1v) is 6.92. The van der Waals surface area contributed by atoms with E-state index in [1.165, 1.54) is 29.5 Å². The van der Waals surface area contributed by atoms with E-state index in [-0.39, 0.29) is 5.91 Å². The number of aryl methyl sites for hydroxylation is 2. The summed E-state index contributed by atoms with van der Waals surface area (Å²) >= 11 is 0. The van der Waals surface area contributed by atoms with E-state index in [9.17, 15) is 4.79 Å². The molecule has 1 aromatic rings. The van der Waals surface area contributed by atoms with Gasteiger partial charge in [0.05, 0.1) is 6.67 Å². The SMILES string of the molecule is CCCCc1ccc2c(c1)C1(CC2)NCNC1=O. The molecule has 1 heterocycles. The van der Waals surface area contributed by atoms with Crippen LogP contribution in [-0.2, 0) is 23.2 Å². The molecule has 1 aliphatic heterocycles. The van der Waals surface area contributed by atoms with Crippen molar-refractivity contribution in [2.24, 2.45) is 0 Å². The minimum absolute atomic E-state index is 0.147. The van der Waals surface area contributed by atoms with E-state index < -0.39 is 5.54 Å². The van der Waals surface area contributed by atoms with Crippen LogP contribution in [-0.4, -0.2) is 12.6 Å². The molecule has 2 aliphatic rings. The van der Waals surface area contributed by atoms with Crippen LogP contribution in [0, 0.1) is 0 Å². The highest BCUT2D eigenvalue weighted by Crippen LogP contribution is 2.39. The summed E-state index contributed by atoms with van der Waals surface area (Å²) in [5, 5.41) is 6.27. The van der Waals surface area contributed by atoms with Gasteiger partial charge in [0.2, 0.25) is 5.91 Å². The van der Waals surface area contributed by atoms with Crippen molar-refractivity contribution in [1.29, 1.82) is 0 Å². The van der Waals surface area contributed by atoms with Gasteiger partial charge in [0.15, 0.2) is 0 Å². The Bertz CT molecular complexity index is 483. The molecular weight excluding hydrogens is 224 g/mol. The van der Waals surface area contributed by atoms with Crippen LogP contribution in [0.1, 0.15) is 42.9 Å². The van der Waals surface area contributed by atoms with Gasteiger partial charge in [0.25, 0.3) is 0 Å². The number of carbonyl (C=O) groups excluding carboxylic acids is 1. The Labute approximate surface area is 108 Å². The first-order valence-electron chi connectivity index (χ1n) is 6.92. The lowest BCUT2D eigenvalue weighted by Crippen LogP contribution is -2.41. The third kappa shape index (κ3) is 1.65. The summed E-state index contributed by atoms with van der Waals surface area (Å²) in [6.45, 7) is 2.80. The summed E-state index contributed by atoms with van der Waals surface area (Å²) in [5.74, 6) is 0.147. The Balaban J connectivity index is 1.96. The normalized spacial score (nSPS) is 25.5. The third-order valence-corrected chi connectivity index (χ3v) is 4.25. The molecule has 18 heavy (non-hydrogen) atoms. The van der Waals surface area contributed by atoms with Gasteiger partial charge >= 0.3 is 0 Å². The van der Waals surface area contributed by atoms with Gasteiger partial charge in [-0.1, -0.05) is 31.5 Å². The van der Waals surface area contributed by atoms with Gasteiger partial charge in [-0.2, -0.15) is 0 Å². The Morgan fingerprint density at radius 1 is 1.39 bits per heavy atom. The molecule has 1 amide bonds. The van der Waals surface area contributed by atoms with Crippen molar-refractivity contribution in [3.8, 4) is 0 Å². The topological polar surface area (TPSA) is 41.1 Å². The van der Waals surface area contributed by atoms with Crippen molar-refractivity contribution in [2.45, 2.75) is 44.6 Å². The average molecular weight is 244 g/mol. The van der Waals surface area contributed by atoms with Crippen LogP contribution < -0.4 is 10.6 Å². The smallest absolute Gasteiger partial charge is 0.245 e. The van der Waals surface area contributed by atoms with E-state index in [4.69, 9.17) is 0 Å². The number of fused-ring (bicyclic) bond motifs is 2. The summed E-state index contributed by atoms with van der Waals surface area (Å²) in [6.07, 6.45) is 5.43. The molecule has 1 fully saturated rings. The number of amides is 1. The minimum Gasteiger partial charge on any atom is -0.342 e. The zero-order valence-corrected chi connectivity index (χ0v) is 10.9. The number of nitrogens with one attached hydrogen (secondary N) is 2. The van der Waals surface area contributed by atoms with Crippen LogP contribution in [0.15, 0.2) is 18.2 Å². The molecule has 0 aromatic heterocycles. The van der Waals surface area contributed by atoms with Gasteiger partial charge in [0, 0.05) is 0 Å². The highest BCUT2D eigenvalue weighted by atomic mass is 16.2. The average Bonchev–Trinajstić information content (AvgIpc) is 2.94. The van der Waals surface area contributed by atoms with Gasteiger partial charge in [-0.15, -0.1) is 0 Å². The summed E-state index contributed by atoms with van der Waals surface area (Å²) in [5.41, 5.74) is 3.47. The second kappa shape index (κ2) is 4.39. The Morgan fingerprint density at radius 3 is 3.00 bits per heavy atom. The number of benzene rings is 1. The molecule has 1 aromatic carbocycles. The molecule has 1 spiro atoms. The van der Waals surface area contributed by atoms with Gasteiger partial charge in [-0.05, 0) is 42.4 Å². The minimum atomic E-state index is -0.433. The Morgan fingerprint density at radius 2 is 2.28 bits per heavy atom. The van der Waals surface area contributed by atoms with Gasteiger partial charge in [0.1, 0.15) is 5.54 Å².